The average molecular weight is 501 g/mol. The van der Waals surface area contributed by atoms with Crippen LogP contribution in [-0.4, -0.2) is 33.7 Å². The molecule has 0 bridgehead atoms. The third-order valence-corrected chi connectivity index (χ3v) is 6.70. The minimum Gasteiger partial charge on any atom is -0.465 e. The minimum absolute atomic E-state index is 0.131. The van der Waals surface area contributed by atoms with Crippen LogP contribution in [0.15, 0.2) is 60.7 Å². The first kappa shape index (κ1) is 25.3. The first-order valence-corrected chi connectivity index (χ1v) is 12.6. The number of ether oxygens (including phenoxy) is 1. The van der Waals surface area contributed by atoms with Gasteiger partial charge in [-0.05, 0) is 60.9 Å². The zero-order valence-corrected chi connectivity index (χ0v) is 20.8. The highest BCUT2D eigenvalue weighted by atomic mass is 35.5. The van der Waals surface area contributed by atoms with E-state index in [1.807, 2.05) is 32.0 Å². The maximum atomic E-state index is 12.7. The van der Waals surface area contributed by atoms with E-state index in [1.165, 1.54) is 29.8 Å². The fourth-order valence-electron chi connectivity index (χ4n) is 3.56. The number of para-hydroxylation sites is 1. The molecule has 0 heterocycles. The van der Waals surface area contributed by atoms with Crippen LogP contribution in [0.2, 0.25) is 5.02 Å². The molecule has 1 N–H and O–H groups in total. The van der Waals surface area contributed by atoms with Crippen LogP contribution >= 0.6 is 11.6 Å². The summed E-state index contributed by atoms with van der Waals surface area (Å²) in [7, 11) is -2.29. The summed E-state index contributed by atoms with van der Waals surface area (Å²) in [5.41, 5.74) is 3.99. The summed E-state index contributed by atoms with van der Waals surface area (Å²) in [5.74, 6) is -0.996. The molecule has 0 aromatic heterocycles. The second kappa shape index (κ2) is 10.3. The van der Waals surface area contributed by atoms with Gasteiger partial charge < -0.3 is 10.1 Å². The van der Waals surface area contributed by atoms with Gasteiger partial charge in [-0.1, -0.05) is 41.9 Å². The quantitative estimate of drug-likeness (QED) is 0.463. The summed E-state index contributed by atoms with van der Waals surface area (Å²) in [6.07, 6.45) is 1.18. The van der Waals surface area contributed by atoms with Crippen LogP contribution in [0.1, 0.15) is 37.4 Å². The number of methoxy groups -OCH3 is 1. The standard InChI is InChI=1S/C25H25ClN2O5S/c1-16-6-5-7-17(2)23(16)28(34(4,31)32)15-18-8-10-19(11-9-18)24(29)27-20-12-13-22(26)21(14-20)25(30)33-3/h5-14H,15H2,1-4H3,(H,27,29). The van der Waals surface area contributed by atoms with Gasteiger partial charge in [-0.25, -0.2) is 13.2 Å². The van der Waals surface area contributed by atoms with Gasteiger partial charge in [0.1, 0.15) is 0 Å². The highest BCUT2D eigenvalue weighted by Gasteiger charge is 2.21. The van der Waals surface area contributed by atoms with E-state index >= 15 is 0 Å². The number of sulfonamides is 1. The Morgan fingerprint density at radius 3 is 2.18 bits per heavy atom. The Balaban J connectivity index is 1.80. The molecule has 0 fully saturated rings. The van der Waals surface area contributed by atoms with Crippen molar-refractivity contribution in [3.05, 3.63) is 93.5 Å². The maximum Gasteiger partial charge on any atom is 0.339 e. The van der Waals surface area contributed by atoms with Crippen molar-refractivity contribution in [2.24, 2.45) is 0 Å². The molecule has 9 heteroatoms. The fraction of sp³-hybridized carbons (Fsp3) is 0.200. The van der Waals surface area contributed by atoms with E-state index in [9.17, 15) is 18.0 Å². The zero-order valence-electron chi connectivity index (χ0n) is 19.3. The molecule has 0 aliphatic carbocycles. The van der Waals surface area contributed by atoms with E-state index in [-0.39, 0.29) is 23.0 Å². The van der Waals surface area contributed by atoms with Crippen LogP contribution in [0, 0.1) is 13.8 Å². The van der Waals surface area contributed by atoms with Gasteiger partial charge in [0, 0.05) is 11.3 Å². The van der Waals surface area contributed by atoms with E-state index in [4.69, 9.17) is 16.3 Å². The first-order valence-electron chi connectivity index (χ1n) is 10.3. The van der Waals surface area contributed by atoms with Crippen LogP contribution in [0.25, 0.3) is 0 Å². The number of nitrogens with zero attached hydrogens (tertiary/aromatic N) is 1. The number of halogens is 1. The minimum atomic E-state index is -3.54. The van der Waals surface area contributed by atoms with E-state index in [2.05, 4.69) is 5.32 Å². The molecule has 0 atom stereocenters. The number of carbonyl (C=O) groups is 2. The predicted octanol–water partition coefficient (Wildman–Crippen LogP) is 4.96. The van der Waals surface area contributed by atoms with Crippen molar-refractivity contribution >= 4 is 44.9 Å². The second-order valence-electron chi connectivity index (χ2n) is 7.85. The van der Waals surface area contributed by atoms with Crippen LogP contribution in [0.5, 0.6) is 0 Å². The Kier molecular flexibility index (Phi) is 7.64. The number of carbonyl (C=O) groups excluding carboxylic acids is 2. The lowest BCUT2D eigenvalue weighted by atomic mass is 10.1. The maximum absolute atomic E-state index is 12.7. The number of anilines is 2. The van der Waals surface area contributed by atoms with Gasteiger partial charge in [0.25, 0.3) is 5.91 Å². The molecule has 0 saturated heterocycles. The van der Waals surface area contributed by atoms with Crippen LogP contribution < -0.4 is 9.62 Å². The highest BCUT2D eigenvalue weighted by Crippen LogP contribution is 2.28. The van der Waals surface area contributed by atoms with Crippen molar-refractivity contribution < 1.29 is 22.7 Å². The molecular formula is C25H25ClN2O5S. The molecule has 3 rings (SSSR count). The number of amides is 1. The van der Waals surface area contributed by atoms with Crippen molar-refractivity contribution in [3.63, 3.8) is 0 Å². The Bertz CT molecular complexity index is 1320. The summed E-state index contributed by atoms with van der Waals surface area (Å²) in [6.45, 7) is 3.87. The Morgan fingerprint density at radius 2 is 1.62 bits per heavy atom. The largest absolute Gasteiger partial charge is 0.465 e. The molecule has 178 valence electrons. The van der Waals surface area contributed by atoms with Crippen molar-refractivity contribution in [1.29, 1.82) is 0 Å². The van der Waals surface area contributed by atoms with E-state index in [1.54, 1.807) is 30.3 Å². The number of rotatable bonds is 7. The van der Waals surface area contributed by atoms with Crippen molar-refractivity contribution in [3.8, 4) is 0 Å². The number of hydrogen-bond donors (Lipinski definition) is 1. The van der Waals surface area contributed by atoms with Gasteiger partial charge in [0.05, 0.1) is 36.2 Å². The molecule has 7 nitrogen and oxygen atoms in total. The van der Waals surface area contributed by atoms with E-state index in [0.717, 1.165) is 16.7 Å². The summed E-state index contributed by atoms with van der Waals surface area (Å²) in [5, 5.41) is 2.93. The van der Waals surface area contributed by atoms with Gasteiger partial charge in [-0.3, -0.25) is 9.10 Å². The van der Waals surface area contributed by atoms with Gasteiger partial charge in [-0.15, -0.1) is 0 Å². The number of hydrogen-bond acceptors (Lipinski definition) is 5. The summed E-state index contributed by atoms with van der Waals surface area (Å²) < 4.78 is 31.2. The van der Waals surface area contributed by atoms with E-state index in [0.29, 0.717) is 16.9 Å². The highest BCUT2D eigenvalue weighted by molar-refractivity contribution is 7.92. The normalized spacial score (nSPS) is 11.1. The lowest BCUT2D eigenvalue weighted by molar-refractivity contribution is 0.0600. The van der Waals surface area contributed by atoms with Gasteiger partial charge in [0.2, 0.25) is 10.0 Å². The molecule has 1 amide bonds. The van der Waals surface area contributed by atoms with Crippen LogP contribution in [-0.2, 0) is 21.3 Å². The smallest absolute Gasteiger partial charge is 0.339 e. The summed E-state index contributed by atoms with van der Waals surface area (Å²) in [6, 6.07) is 16.8. The molecule has 0 spiro atoms. The molecule has 0 radical (unpaired) electrons. The monoisotopic (exact) mass is 500 g/mol. The number of nitrogens with one attached hydrogen (secondary N) is 1. The topological polar surface area (TPSA) is 92.8 Å². The zero-order chi connectivity index (χ0) is 25.0. The van der Waals surface area contributed by atoms with Gasteiger partial charge >= 0.3 is 5.97 Å². The first-order chi connectivity index (χ1) is 16.0. The van der Waals surface area contributed by atoms with Gasteiger partial charge in [0.15, 0.2) is 0 Å². The van der Waals surface area contributed by atoms with Crippen molar-refractivity contribution in [2.45, 2.75) is 20.4 Å². The third kappa shape index (κ3) is 5.76. The molecule has 34 heavy (non-hydrogen) atoms. The predicted molar refractivity (Wildman–Crippen MR) is 134 cm³/mol. The SMILES string of the molecule is COC(=O)c1cc(NC(=O)c2ccc(CN(c3c(C)cccc3C)S(C)(=O)=O)cc2)ccc1Cl. The van der Waals surface area contributed by atoms with Crippen LogP contribution in [0.4, 0.5) is 11.4 Å². The number of benzene rings is 3. The lowest BCUT2D eigenvalue weighted by Gasteiger charge is -2.26. The number of esters is 1. The Morgan fingerprint density at radius 1 is 1.00 bits per heavy atom. The molecule has 0 aliphatic heterocycles. The average Bonchev–Trinajstić information content (AvgIpc) is 2.78. The third-order valence-electron chi connectivity index (χ3n) is 5.26. The molecule has 0 unspecified atom stereocenters. The lowest BCUT2D eigenvalue weighted by Crippen LogP contribution is -2.30. The second-order valence-corrected chi connectivity index (χ2v) is 10.2. The van der Waals surface area contributed by atoms with Crippen molar-refractivity contribution in [2.75, 3.05) is 23.0 Å². The number of aryl methyl sites for hydroxylation is 2. The molecule has 0 aliphatic rings. The summed E-state index contributed by atoms with van der Waals surface area (Å²) >= 11 is 6.02. The van der Waals surface area contributed by atoms with Gasteiger partial charge in [-0.2, -0.15) is 0 Å². The Hall–Kier alpha value is -3.36. The molecular weight excluding hydrogens is 476 g/mol. The van der Waals surface area contributed by atoms with Crippen LogP contribution in [0.3, 0.4) is 0 Å². The molecule has 3 aromatic rings. The summed E-state index contributed by atoms with van der Waals surface area (Å²) in [4.78, 5) is 24.5. The molecule has 3 aromatic carbocycles. The molecule has 0 saturated carbocycles. The van der Waals surface area contributed by atoms with E-state index < -0.39 is 16.0 Å². The van der Waals surface area contributed by atoms with Crippen molar-refractivity contribution in [1.82, 2.24) is 0 Å². The Labute approximate surface area is 204 Å². The fourth-order valence-corrected chi connectivity index (χ4v) is 4.76.